The van der Waals surface area contributed by atoms with E-state index in [9.17, 15) is 13.2 Å². The summed E-state index contributed by atoms with van der Waals surface area (Å²) in [6, 6.07) is 4.73. The highest BCUT2D eigenvalue weighted by Crippen LogP contribution is 2.25. The van der Waals surface area contributed by atoms with E-state index < -0.39 is 9.84 Å². The van der Waals surface area contributed by atoms with Crippen LogP contribution in [0.25, 0.3) is 0 Å². The van der Waals surface area contributed by atoms with Crippen molar-refractivity contribution in [2.75, 3.05) is 30.4 Å². The molecule has 1 unspecified atom stereocenters. The molecule has 0 aromatic heterocycles. The van der Waals surface area contributed by atoms with Gasteiger partial charge in [-0.2, -0.15) is 0 Å². The first-order valence-corrected chi connectivity index (χ1v) is 9.00. The monoisotopic (exact) mass is 350 g/mol. The SMILES string of the molecule is CN(CC(=O)Nc1ccc(Cl)c(Cl)c1)C1CCS(=O)(=O)C1. The third kappa shape index (κ3) is 4.57. The molecule has 0 bridgehead atoms. The van der Waals surface area contributed by atoms with Gasteiger partial charge in [-0.3, -0.25) is 9.69 Å². The highest BCUT2D eigenvalue weighted by molar-refractivity contribution is 7.91. The van der Waals surface area contributed by atoms with E-state index in [0.717, 1.165) is 0 Å². The van der Waals surface area contributed by atoms with Crippen molar-refractivity contribution in [1.29, 1.82) is 0 Å². The van der Waals surface area contributed by atoms with E-state index in [1.54, 1.807) is 30.1 Å². The van der Waals surface area contributed by atoms with Gasteiger partial charge in [-0.1, -0.05) is 23.2 Å². The lowest BCUT2D eigenvalue weighted by atomic mass is 10.2. The average Bonchev–Trinajstić information content (AvgIpc) is 2.74. The molecule has 1 aromatic rings. The minimum atomic E-state index is -2.95. The molecule has 1 atom stereocenters. The van der Waals surface area contributed by atoms with Gasteiger partial charge in [0.2, 0.25) is 5.91 Å². The Morgan fingerprint density at radius 1 is 1.38 bits per heavy atom. The molecule has 1 heterocycles. The van der Waals surface area contributed by atoms with Gasteiger partial charge in [-0.05, 0) is 31.7 Å². The topological polar surface area (TPSA) is 66.5 Å². The number of sulfone groups is 1. The molecule has 5 nitrogen and oxygen atoms in total. The van der Waals surface area contributed by atoms with Crippen LogP contribution >= 0.6 is 23.2 Å². The second kappa shape index (κ2) is 6.52. The molecule has 8 heteroatoms. The normalized spacial score (nSPS) is 20.7. The summed E-state index contributed by atoms with van der Waals surface area (Å²) in [6.45, 7) is 0.125. The summed E-state index contributed by atoms with van der Waals surface area (Å²) in [5.41, 5.74) is 0.557. The predicted octanol–water partition coefficient (Wildman–Crippen LogP) is 2.05. The van der Waals surface area contributed by atoms with Crippen molar-refractivity contribution in [3.05, 3.63) is 28.2 Å². The second-order valence-corrected chi connectivity index (χ2v) is 8.19. The van der Waals surface area contributed by atoms with Crippen LogP contribution in [0.5, 0.6) is 0 Å². The Kier molecular flexibility index (Phi) is 5.14. The number of hydrogen-bond donors (Lipinski definition) is 1. The summed E-state index contributed by atoms with van der Waals surface area (Å²) in [7, 11) is -1.20. The molecule has 0 aliphatic carbocycles. The zero-order valence-electron chi connectivity index (χ0n) is 11.5. The molecule has 1 aromatic carbocycles. The van der Waals surface area contributed by atoms with Crippen molar-refractivity contribution in [1.82, 2.24) is 4.90 Å². The molecule has 1 saturated heterocycles. The summed E-state index contributed by atoms with van der Waals surface area (Å²) in [4.78, 5) is 13.7. The van der Waals surface area contributed by atoms with Gasteiger partial charge in [-0.15, -0.1) is 0 Å². The third-order valence-electron chi connectivity index (χ3n) is 3.43. The number of carbonyl (C=O) groups excluding carboxylic acids is 1. The van der Waals surface area contributed by atoms with E-state index in [4.69, 9.17) is 23.2 Å². The molecule has 1 amide bonds. The highest BCUT2D eigenvalue weighted by atomic mass is 35.5. The van der Waals surface area contributed by atoms with E-state index in [1.165, 1.54) is 0 Å². The Labute approximate surface area is 134 Å². The summed E-state index contributed by atoms with van der Waals surface area (Å²) in [5, 5.41) is 3.50. The fourth-order valence-electron chi connectivity index (χ4n) is 2.25. The largest absolute Gasteiger partial charge is 0.325 e. The molecule has 0 saturated carbocycles. The number of nitrogens with zero attached hydrogens (tertiary/aromatic N) is 1. The first-order valence-electron chi connectivity index (χ1n) is 6.42. The first-order chi connectivity index (χ1) is 9.77. The van der Waals surface area contributed by atoms with Crippen LogP contribution in [0.2, 0.25) is 10.0 Å². The van der Waals surface area contributed by atoms with Gasteiger partial charge in [0, 0.05) is 11.7 Å². The van der Waals surface area contributed by atoms with Crippen molar-refractivity contribution in [3.8, 4) is 0 Å². The Morgan fingerprint density at radius 2 is 2.10 bits per heavy atom. The standard InChI is InChI=1S/C13H16Cl2N2O3S/c1-17(10-4-5-21(19,20)8-10)7-13(18)16-9-2-3-11(14)12(15)6-9/h2-3,6,10H,4-5,7-8H2,1H3,(H,16,18). The molecule has 21 heavy (non-hydrogen) atoms. The molecule has 1 fully saturated rings. The molecule has 2 rings (SSSR count). The van der Waals surface area contributed by atoms with Crippen LogP contribution in [0.1, 0.15) is 6.42 Å². The molecular weight excluding hydrogens is 335 g/mol. The van der Waals surface area contributed by atoms with E-state index in [2.05, 4.69) is 5.32 Å². The minimum absolute atomic E-state index is 0.102. The van der Waals surface area contributed by atoms with Crippen LogP contribution in [0, 0.1) is 0 Å². The fraction of sp³-hybridized carbons (Fsp3) is 0.462. The van der Waals surface area contributed by atoms with Crippen LogP contribution in [0.4, 0.5) is 5.69 Å². The van der Waals surface area contributed by atoms with Crippen LogP contribution in [0.15, 0.2) is 18.2 Å². The summed E-state index contributed by atoms with van der Waals surface area (Å²) in [6.07, 6.45) is 0.568. The fourth-order valence-corrected chi connectivity index (χ4v) is 4.36. The van der Waals surface area contributed by atoms with Gasteiger partial charge < -0.3 is 5.32 Å². The average molecular weight is 351 g/mol. The minimum Gasteiger partial charge on any atom is -0.325 e. The Morgan fingerprint density at radius 3 is 2.67 bits per heavy atom. The zero-order valence-corrected chi connectivity index (χ0v) is 13.8. The zero-order chi connectivity index (χ0) is 15.6. The molecule has 0 radical (unpaired) electrons. The third-order valence-corrected chi connectivity index (χ3v) is 5.92. The lowest BCUT2D eigenvalue weighted by molar-refractivity contribution is -0.117. The number of nitrogens with one attached hydrogen (secondary N) is 1. The number of carbonyl (C=O) groups is 1. The maximum atomic E-state index is 12.0. The Balaban J connectivity index is 1.91. The van der Waals surface area contributed by atoms with E-state index in [1.807, 2.05) is 0 Å². The smallest absolute Gasteiger partial charge is 0.238 e. The first kappa shape index (κ1) is 16.5. The lowest BCUT2D eigenvalue weighted by Crippen LogP contribution is -2.38. The van der Waals surface area contributed by atoms with E-state index in [0.29, 0.717) is 22.2 Å². The van der Waals surface area contributed by atoms with E-state index in [-0.39, 0.29) is 30.0 Å². The molecule has 116 valence electrons. The number of likely N-dealkylation sites (N-methyl/N-ethyl adjacent to an activating group) is 1. The van der Waals surface area contributed by atoms with Crippen LogP contribution < -0.4 is 5.32 Å². The van der Waals surface area contributed by atoms with Crippen LogP contribution in [-0.4, -0.2) is 50.4 Å². The van der Waals surface area contributed by atoms with Gasteiger partial charge in [0.15, 0.2) is 9.84 Å². The lowest BCUT2D eigenvalue weighted by Gasteiger charge is -2.22. The van der Waals surface area contributed by atoms with Gasteiger partial charge >= 0.3 is 0 Å². The molecule has 1 aliphatic heterocycles. The molecule has 0 spiro atoms. The van der Waals surface area contributed by atoms with Crippen LogP contribution in [0.3, 0.4) is 0 Å². The van der Waals surface area contributed by atoms with E-state index >= 15 is 0 Å². The quantitative estimate of drug-likeness (QED) is 0.902. The maximum Gasteiger partial charge on any atom is 0.238 e. The maximum absolute atomic E-state index is 12.0. The van der Waals surface area contributed by atoms with Crippen molar-refractivity contribution in [3.63, 3.8) is 0 Å². The van der Waals surface area contributed by atoms with Gasteiger partial charge in [0.1, 0.15) is 0 Å². The number of hydrogen-bond acceptors (Lipinski definition) is 4. The molecule has 1 aliphatic rings. The predicted molar refractivity (Wildman–Crippen MR) is 84.8 cm³/mol. The Bertz CT molecular complexity index is 649. The Hall–Kier alpha value is -0.820. The van der Waals surface area contributed by atoms with Crippen LogP contribution in [-0.2, 0) is 14.6 Å². The molecule has 1 N–H and O–H groups in total. The van der Waals surface area contributed by atoms with Crippen molar-refractivity contribution >= 4 is 44.6 Å². The van der Waals surface area contributed by atoms with Gasteiger partial charge in [0.05, 0.1) is 28.1 Å². The van der Waals surface area contributed by atoms with Crippen molar-refractivity contribution < 1.29 is 13.2 Å². The summed E-state index contributed by atoms with van der Waals surface area (Å²) >= 11 is 11.7. The number of benzene rings is 1. The number of halogens is 2. The highest BCUT2D eigenvalue weighted by Gasteiger charge is 2.31. The number of anilines is 1. The van der Waals surface area contributed by atoms with Gasteiger partial charge in [0.25, 0.3) is 0 Å². The van der Waals surface area contributed by atoms with Gasteiger partial charge in [-0.25, -0.2) is 8.42 Å². The van der Waals surface area contributed by atoms with Crippen molar-refractivity contribution in [2.45, 2.75) is 12.5 Å². The molecular formula is C13H16Cl2N2O3S. The summed E-state index contributed by atoms with van der Waals surface area (Å²) < 4.78 is 22.9. The number of rotatable bonds is 4. The van der Waals surface area contributed by atoms with Crippen molar-refractivity contribution in [2.24, 2.45) is 0 Å². The number of amides is 1. The summed E-state index contributed by atoms with van der Waals surface area (Å²) in [5.74, 6) is 0.0835. The second-order valence-electron chi connectivity index (χ2n) is 5.15.